The molecule has 92 valence electrons. The van der Waals surface area contributed by atoms with E-state index in [2.05, 4.69) is 38.2 Å². The summed E-state index contributed by atoms with van der Waals surface area (Å²) in [5.74, 6) is 1.08. The van der Waals surface area contributed by atoms with Crippen LogP contribution in [0.5, 0.6) is 0 Å². The third kappa shape index (κ3) is 2.88. The highest BCUT2D eigenvalue weighted by molar-refractivity contribution is 14.1. The Balaban J connectivity index is 1.78. The zero-order chi connectivity index (χ0) is 11.5. The van der Waals surface area contributed by atoms with E-state index in [1.807, 2.05) is 0 Å². The summed E-state index contributed by atoms with van der Waals surface area (Å²) in [6.07, 6.45) is 7.28. The van der Waals surface area contributed by atoms with Gasteiger partial charge in [0, 0.05) is 35.5 Å². The highest BCUT2D eigenvalue weighted by Crippen LogP contribution is 2.27. The first-order chi connectivity index (χ1) is 7.70. The van der Waals surface area contributed by atoms with Crippen molar-refractivity contribution in [1.29, 1.82) is 0 Å². The number of nitrogens with zero attached hydrogens (tertiary/aromatic N) is 1. The van der Waals surface area contributed by atoms with Crippen LogP contribution >= 0.6 is 22.9 Å². The highest BCUT2D eigenvalue weighted by Gasteiger charge is 2.34. The van der Waals surface area contributed by atoms with E-state index in [1.165, 1.54) is 32.1 Å². The Morgan fingerprint density at radius 2 is 2.25 bits per heavy atom. The van der Waals surface area contributed by atoms with Crippen molar-refractivity contribution in [3.63, 3.8) is 0 Å². The molecule has 0 radical (unpaired) electrons. The third-order valence-electron chi connectivity index (χ3n) is 3.96. The number of carbonyl (C=O) groups is 1. The van der Waals surface area contributed by atoms with Gasteiger partial charge in [0.15, 0.2) is 0 Å². The van der Waals surface area contributed by atoms with Crippen molar-refractivity contribution in [3.05, 3.63) is 0 Å². The topological polar surface area (TPSA) is 32.3 Å². The van der Waals surface area contributed by atoms with Crippen molar-refractivity contribution in [2.45, 2.75) is 57.5 Å². The van der Waals surface area contributed by atoms with Gasteiger partial charge in [-0.25, -0.2) is 3.11 Å². The van der Waals surface area contributed by atoms with E-state index in [1.54, 1.807) is 0 Å². The first-order valence-electron chi connectivity index (χ1n) is 6.43. The lowest BCUT2D eigenvalue weighted by atomic mass is 9.84. The molecule has 0 spiro atoms. The van der Waals surface area contributed by atoms with Crippen LogP contribution < -0.4 is 5.32 Å². The molecule has 1 aliphatic heterocycles. The summed E-state index contributed by atoms with van der Waals surface area (Å²) in [4.78, 5) is 11.9. The predicted octanol–water partition coefficient (Wildman–Crippen LogP) is 2.50. The highest BCUT2D eigenvalue weighted by atomic mass is 127. The summed E-state index contributed by atoms with van der Waals surface area (Å²) in [6.45, 7) is 3.31. The number of hydrogen-bond donors (Lipinski definition) is 1. The molecule has 1 heterocycles. The Morgan fingerprint density at radius 3 is 2.81 bits per heavy atom. The average Bonchev–Trinajstić information content (AvgIpc) is 2.27. The molecule has 0 aromatic rings. The molecular formula is C12H21IN2O. The van der Waals surface area contributed by atoms with Crippen LogP contribution in [0, 0.1) is 5.92 Å². The van der Waals surface area contributed by atoms with Crippen LogP contribution in [0.15, 0.2) is 0 Å². The van der Waals surface area contributed by atoms with Gasteiger partial charge in [-0.2, -0.15) is 0 Å². The SMILES string of the molecule is CC[C@@H]1CCC[C@H](NC(=O)[C@@H]2CCN2I)C1. The molecule has 3 nitrogen and oxygen atoms in total. The fraction of sp³-hybridized carbons (Fsp3) is 0.917. The van der Waals surface area contributed by atoms with Crippen molar-refractivity contribution < 1.29 is 4.79 Å². The summed E-state index contributed by atoms with van der Waals surface area (Å²) in [7, 11) is 0. The van der Waals surface area contributed by atoms with Gasteiger partial charge in [0.2, 0.25) is 5.91 Å². The van der Waals surface area contributed by atoms with Crippen molar-refractivity contribution >= 4 is 28.8 Å². The molecule has 0 aromatic carbocycles. The maximum absolute atomic E-state index is 11.9. The second kappa shape index (κ2) is 5.67. The van der Waals surface area contributed by atoms with Crippen LogP contribution in [0.2, 0.25) is 0 Å². The maximum Gasteiger partial charge on any atom is 0.238 e. The zero-order valence-electron chi connectivity index (χ0n) is 9.92. The molecule has 1 N–H and O–H groups in total. The van der Waals surface area contributed by atoms with E-state index >= 15 is 0 Å². The van der Waals surface area contributed by atoms with Crippen LogP contribution in [0.25, 0.3) is 0 Å². The van der Waals surface area contributed by atoms with Crippen LogP contribution in [-0.4, -0.2) is 27.6 Å². The van der Waals surface area contributed by atoms with Gasteiger partial charge in [0.1, 0.15) is 0 Å². The van der Waals surface area contributed by atoms with Gasteiger partial charge >= 0.3 is 0 Å². The molecule has 0 bridgehead atoms. The number of carbonyl (C=O) groups excluding carboxylic acids is 1. The summed E-state index contributed by atoms with van der Waals surface area (Å²) in [6, 6.07) is 0.583. The quantitative estimate of drug-likeness (QED) is 0.634. The van der Waals surface area contributed by atoms with E-state index in [9.17, 15) is 4.79 Å². The number of rotatable bonds is 3. The third-order valence-corrected chi connectivity index (χ3v) is 5.12. The van der Waals surface area contributed by atoms with Gasteiger partial charge in [0.25, 0.3) is 0 Å². The summed E-state index contributed by atoms with van der Waals surface area (Å²) >= 11 is 2.25. The predicted molar refractivity (Wildman–Crippen MR) is 73.3 cm³/mol. The minimum absolute atomic E-state index is 0.141. The summed E-state index contributed by atoms with van der Waals surface area (Å²) in [5, 5.41) is 3.23. The maximum atomic E-state index is 11.9. The van der Waals surface area contributed by atoms with E-state index in [0.29, 0.717) is 6.04 Å². The van der Waals surface area contributed by atoms with Gasteiger partial charge < -0.3 is 5.32 Å². The Bertz CT molecular complexity index is 259. The monoisotopic (exact) mass is 336 g/mol. The average molecular weight is 336 g/mol. The lowest BCUT2D eigenvalue weighted by molar-refractivity contribution is -0.127. The molecule has 1 amide bonds. The fourth-order valence-electron chi connectivity index (χ4n) is 2.70. The minimum atomic E-state index is 0.141. The van der Waals surface area contributed by atoms with Crippen molar-refractivity contribution in [2.24, 2.45) is 5.92 Å². The number of halogens is 1. The minimum Gasteiger partial charge on any atom is -0.352 e. The lowest BCUT2D eigenvalue weighted by Gasteiger charge is -2.36. The van der Waals surface area contributed by atoms with Gasteiger partial charge in [-0.15, -0.1) is 0 Å². The molecule has 1 aliphatic carbocycles. The van der Waals surface area contributed by atoms with Crippen LogP contribution in [0.4, 0.5) is 0 Å². The lowest BCUT2D eigenvalue weighted by Crippen LogP contribution is -2.53. The molecule has 2 rings (SSSR count). The number of hydrogen-bond acceptors (Lipinski definition) is 2. The zero-order valence-corrected chi connectivity index (χ0v) is 12.1. The molecule has 0 unspecified atom stereocenters. The number of nitrogens with one attached hydrogen (secondary N) is 1. The molecule has 1 saturated heterocycles. The summed E-state index contributed by atoms with van der Waals surface area (Å²) in [5.41, 5.74) is 0. The molecule has 16 heavy (non-hydrogen) atoms. The van der Waals surface area contributed by atoms with E-state index in [0.717, 1.165) is 18.9 Å². The molecule has 3 atom stereocenters. The molecule has 4 heteroatoms. The Morgan fingerprint density at radius 1 is 1.44 bits per heavy atom. The number of amides is 1. The van der Waals surface area contributed by atoms with Gasteiger partial charge in [-0.1, -0.05) is 26.2 Å². The van der Waals surface area contributed by atoms with Gasteiger partial charge in [-0.3, -0.25) is 4.79 Å². The van der Waals surface area contributed by atoms with Gasteiger partial charge in [0.05, 0.1) is 6.04 Å². The molecular weight excluding hydrogens is 315 g/mol. The second-order valence-electron chi connectivity index (χ2n) is 5.07. The smallest absolute Gasteiger partial charge is 0.238 e. The molecule has 2 aliphatic rings. The van der Waals surface area contributed by atoms with E-state index in [-0.39, 0.29) is 11.9 Å². The Labute approximate surface area is 112 Å². The van der Waals surface area contributed by atoms with E-state index < -0.39 is 0 Å². The van der Waals surface area contributed by atoms with Crippen molar-refractivity contribution in [2.75, 3.05) is 6.54 Å². The Kier molecular flexibility index (Phi) is 4.47. The first-order valence-corrected chi connectivity index (χ1v) is 7.40. The van der Waals surface area contributed by atoms with Crippen LogP contribution in [-0.2, 0) is 4.79 Å². The largest absolute Gasteiger partial charge is 0.352 e. The Hall–Kier alpha value is 0.160. The normalized spacial score (nSPS) is 35.5. The van der Waals surface area contributed by atoms with Crippen molar-refractivity contribution in [3.8, 4) is 0 Å². The van der Waals surface area contributed by atoms with Crippen molar-refractivity contribution in [1.82, 2.24) is 8.43 Å². The first kappa shape index (κ1) is 12.6. The second-order valence-corrected chi connectivity index (χ2v) is 6.31. The van der Waals surface area contributed by atoms with Gasteiger partial charge in [-0.05, 0) is 25.2 Å². The molecule has 0 aromatic heterocycles. The molecule has 1 saturated carbocycles. The van der Waals surface area contributed by atoms with Crippen LogP contribution in [0.3, 0.4) is 0 Å². The fourth-order valence-corrected chi connectivity index (χ4v) is 3.51. The van der Waals surface area contributed by atoms with E-state index in [4.69, 9.17) is 0 Å². The summed E-state index contributed by atoms with van der Waals surface area (Å²) < 4.78 is 2.10. The van der Waals surface area contributed by atoms with Crippen LogP contribution in [0.1, 0.15) is 45.4 Å². The molecule has 2 fully saturated rings. The standard InChI is InChI=1S/C12H21IN2O/c1-2-9-4-3-5-10(8-9)14-12(16)11-6-7-15(11)13/h9-11H,2-8H2,1H3,(H,14,16)/t9-,10+,11+/m1/s1.